The molecular weight excluding hydrogens is 455 g/mol. The van der Waals surface area contributed by atoms with Crippen LogP contribution in [0.5, 0.6) is 0 Å². The first kappa shape index (κ1) is 25.4. The van der Waals surface area contributed by atoms with Crippen LogP contribution in [0.3, 0.4) is 0 Å². The van der Waals surface area contributed by atoms with Crippen LogP contribution < -0.4 is 16.0 Å². The Morgan fingerprint density at radius 3 is 2.31 bits per heavy atom. The van der Waals surface area contributed by atoms with E-state index in [4.69, 9.17) is 9.26 Å². The Morgan fingerprint density at radius 2 is 1.69 bits per heavy atom. The summed E-state index contributed by atoms with van der Waals surface area (Å²) in [6.07, 6.45) is 0. The Bertz CT molecular complexity index is 1210. The Morgan fingerprint density at radius 1 is 1.03 bits per heavy atom. The molecule has 0 saturated carbocycles. The van der Waals surface area contributed by atoms with Gasteiger partial charge in [0, 0.05) is 23.0 Å². The van der Waals surface area contributed by atoms with Crippen molar-refractivity contribution in [3.63, 3.8) is 0 Å². The lowest BCUT2D eigenvalue weighted by Gasteiger charge is -2.19. The Hall–Kier alpha value is -4.21. The number of aryl methyl sites for hydroxylation is 1. The number of hydrogen-bond acceptors (Lipinski definition) is 6. The zero-order chi connectivity index (χ0) is 25.5. The van der Waals surface area contributed by atoms with E-state index in [0.29, 0.717) is 28.2 Å². The van der Waals surface area contributed by atoms with Crippen molar-refractivity contribution in [3.8, 4) is 11.3 Å². The molecule has 1 atom stereocenters. The molecule has 35 heavy (non-hydrogen) atoms. The van der Waals surface area contributed by atoms with Gasteiger partial charge in [0.1, 0.15) is 17.6 Å². The minimum absolute atomic E-state index is 0.0538. The lowest BCUT2D eigenvalue weighted by Crippen LogP contribution is -2.45. The van der Waals surface area contributed by atoms with Gasteiger partial charge in [0.15, 0.2) is 0 Å². The van der Waals surface area contributed by atoms with Crippen LogP contribution in [-0.4, -0.2) is 35.7 Å². The van der Waals surface area contributed by atoms with Gasteiger partial charge in [0.2, 0.25) is 5.76 Å². The Kier molecular flexibility index (Phi) is 8.19. The van der Waals surface area contributed by atoms with Crippen LogP contribution in [0.25, 0.3) is 11.3 Å². The number of hydrogen-bond donors (Lipinski definition) is 3. The van der Waals surface area contributed by atoms with E-state index in [1.807, 2.05) is 0 Å². The number of benzene rings is 2. The van der Waals surface area contributed by atoms with E-state index < -0.39 is 29.8 Å². The van der Waals surface area contributed by atoms with E-state index in [-0.39, 0.29) is 18.3 Å². The molecule has 1 heterocycles. The van der Waals surface area contributed by atoms with Crippen molar-refractivity contribution in [2.75, 3.05) is 17.2 Å². The van der Waals surface area contributed by atoms with E-state index in [2.05, 4.69) is 21.1 Å². The third-order valence-electron chi connectivity index (χ3n) is 5.10. The van der Waals surface area contributed by atoms with Gasteiger partial charge in [0.25, 0.3) is 5.91 Å². The highest BCUT2D eigenvalue weighted by atomic mass is 19.1. The third kappa shape index (κ3) is 6.66. The van der Waals surface area contributed by atoms with Gasteiger partial charge in [-0.05, 0) is 49.6 Å². The van der Waals surface area contributed by atoms with Crippen LogP contribution in [0.2, 0.25) is 0 Å². The number of ether oxygens (including phenoxy) is 1. The van der Waals surface area contributed by atoms with Crippen molar-refractivity contribution < 1.29 is 28.0 Å². The van der Waals surface area contributed by atoms with Gasteiger partial charge >= 0.3 is 12.0 Å². The molecule has 0 aliphatic heterocycles. The molecule has 0 radical (unpaired) electrons. The summed E-state index contributed by atoms with van der Waals surface area (Å²) in [6, 6.07) is 11.2. The molecule has 3 aromatic rings. The van der Waals surface area contributed by atoms with Gasteiger partial charge in [-0.2, -0.15) is 0 Å². The van der Waals surface area contributed by atoms with Gasteiger partial charge < -0.3 is 25.2 Å². The number of halogens is 1. The Labute approximate surface area is 202 Å². The number of carbonyl (C=O) groups excluding carboxylic acids is 3. The number of aromatic nitrogens is 1. The number of urea groups is 1. The molecule has 2 aromatic carbocycles. The number of carbonyl (C=O) groups is 3. The first-order valence-corrected chi connectivity index (χ1v) is 11.1. The molecule has 9 nitrogen and oxygen atoms in total. The molecular formula is C25H27FN4O5. The molecule has 1 aromatic heterocycles. The summed E-state index contributed by atoms with van der Waals surface area (Å²) in [7, 11) is 0. The van der Waals surface area contributed by atoms with Gasteiger partial charge in [-0.1, -0.05) is 37.2 Å². The standard InChI is InChI=1S/C25H27FN4O5/c1-5-34-24(32)22(14(2)3)29-23(31)21-13-20(30-35-21)16-7-10-17(11-8-16)27-25(33)28-18-9-6-15(4)19(26)12-18/h6-14,22H,5H2,1-4H3,(H,29,31)(H2,27,28,33). The van der Waals surface area contributed by atoms with Crippen LogP contribution in [0.1, 0.15) is 36.9 Å². The molecule has 3 amide bonds. The summed E-state index contributed by atoms with van der Waals surface area (Å²) in [5.74, 6) is -1.74. The Balaban J connectivity index is 1.62. The molecule has 0 aliphatic carbocycles. The normalized spacial score (nSPS) is 11.6. The fourth-order valence-corrected chi connectivity index (χ4v) is 3.15. The maximum atomic E-state index is 13.6. The number of amides is 3. The van der Waals surface area contributed by atoms with Crippen molar-refractivity contribution in [2.45, 2.75) is 33.7 Å². The summed E-state index contributed by atoms with van der Waals surface area (Å²) in [5.41, 5.74) is 2.36. The highest BCUT2D eigenvalue weighted by Crippen LogP contribution is 2.22. The van der Waals surface area contributed by atoms with Crippen molar-refractivity contribution in [3.05, 3.63) is 65.7 Å². The maximum Gasteiger partial charge on any atom is 0.328 e. The van der Waals surface area contributed by atoms with E-state index in [9.17, 15) is 18.8 Å². The molecule has 0 saturated heterocycles. The molecule has 0 fully saturated rings. The van der Waals surface area contributed by atoms with Gasteiger partial charge in [-0.15, -0.1) is 0 Å². The van der Waals surface area contributed by atoms with Gasteiger partial charge in [-0.25, -0.2) is 14.0 Å². The second-order valence-electron chi connectivity index (χ2n) is 8.14. The second-order valence-corrected chi connectivity index (χ2v) is 8.14. The number of anilines is 2. The predicted octanol–water partition coefficient (Wildman–Crippen LogP) is 4.75. The zero-order valence-corrected chi connectivity index (χ0v) is 19.8. The molecule has 0 bridgehead atoms. The second kappa shape index (κ2) is 11.3. The fourth-order valence-electron chi connectivity index (χ4n) is 3.15. The van der Waals surface area contributed by atoms with E-state index >= 15 is 0 Å². The minimum Gasteiger partial charge on any atom is -0.464 e. The largest absolute Gasteiger partial charge is 0.464 e. The molecule has 0 aliphatic rings. The summed E-state index contributed by atoms with van der Waals surface area (Å²) in [5, 5.41) is 11.7. The van der Waals surface area contributed by atoms with Crippen LogP contribution in [0.4, 0.5) is 20.6 Å². The lowest BCUT2D eigenvalue weighted by molar-refractivity contribution is -0.146. The summed E-state index contributed by atoms with van der Waals surface area (Å²) in [6.45, 7) is 7.13. The number of nitrogens with one attached hydrogen (secondary N) is 3. The number of nitrogens with zero attached hydrogens (tertiary/aromatic N) is 1. The van der Waals surface area contributed by atoms with Crippen LogP contribution in [-0.2, 0) is 9.53 Å². The van der Waals surface area contributed by atoms with Crippen molar-refractivity contribution in [1.82, 2.24) is 10.5 Å². The fraction of sp³-hybridized carbons (Fsp3) is 0.280. The number of rotatable bonds is 8. The minimum atomic E-state index is -0.816. The topological polar surface area (TPSA) is 123 Å². The van der Waals surface area contributed by atoms with Crippen molar-refractivity contribution in [2.24, 2.45) is 5.92 Å². The van der Waals surface area contributed by atoms with E-state index in [1.54, 1.807) is 64.1 Å². The molecule has 1 unspecified atom stereocenters. The van der Waals surface area contributed by atoms with Crippen LogP contribution in [0, 0.1) is 18.7 Å². The van der Waals surface area contributed by atoms with E-state index in [0.717, 1.165) is 0 Å². The zero-order valence-electron chi connectivity index (χ0n) is 19.8. The van der Waals surface area contributed by atoms with Gasteiger partial charge in [-0.3, -0.25) is 4.79 Å². The predicted molar refractivity (Wildman–Crippen MR) is 128 cm³/mol. The molecule has 3 N–H and O–H groups in total. The first-order valence-electron chi connectivity index (χ1n) is 11.1. The summed E-state index contributed by atoms with van der Waals surface area (Å²) >= 11 is 0. The molecule has 3 rings (SSSR count). The van der Waals surface area contributed by atoms with Crippen LogP contribution in [0.15, 0.2) is 53.1 Å². The average molecular weight is 483 g/mol. The van der Waals surface area contributed by atoms with Gasteiger partial charge in [0.05, 0.1) is 6.61 Å². The quantitative estimate of drug-likeness (QED) is 0.398. The molecule has 10 heteroatoms. The van der Waals surface area contributed by atoms with E-state index in [1.165, 1.54) is 12.1 Å². The average Bonchev–Trinajstić information content (AvgIpc) is 3.30. The molecule has 184 valence electrons. The smallest absolute Gasteiger partial charge is 0.328 e. The van der Waals surface area contributed by atoms with Crippen molar-refractivity contribution in [1.29, 1.82) is 0 Å². The number of esters is 1. The monoisotopic (exact) mass is 482 g/mol. The maximum absolute atomic E-state index is 13.6. The lowest BCUT2D eigenvalue weighted by atomic mass is 10.0. The summed E-state index contributed by atoms with van der Waals surface area (Å²) < 4.78 is 23.8. The SMILES string of the molecule is CCOC(=O)C(NC(=O)c1cc(-c2ccc(NC(=O)Nc3ccc(C)c(F)c3)cc2)no1)C(C)C. The van der Waals surface area contributed by atoms with Crippen molar-refractivity contribution >= 4 is 29.3 Å². The highest BCUT2D eigenvalue weighted by Gasteiger charge is 2.27. The molecule has 0 spiro atoms. The van der Waals surface area contributed by atoms with Crippen LogP contribution >= 0.6 is 0 Å². The third-order valence-corrected chi connectivity index (χ3v) is 5.10. The first-order chi connectivity index (χ1) is 16.7. The highest BCUT2D eigenvalue weighted by molar-refractivity contribution is 6.00. The summed E-state index contributed by atoms with van der Waals surface area (Å²) in [4.78, 5) is 36.8.